The van der Waals surface area contributed by atoms with Crippen LogP contribution >= 0.6 is 0 Å². The summed E-state index contributed by atoms with van der Waals surface area (Å²) in [5.74, 6) is -2.48. The third-order valence-corrected chi connectivity index (χ3v) is 6.36. The number of hydrogen-bond donors (Lipinski definition) is 1. The lowest BCUT2D eigenvalue weighted by Gasteiger charge is -2.40. The van der Waals surface area contributed by atoms with Gasteiger partial charge < -0.3 is 19.6 Å². The van der Waals surface area contributed by atoms with Crippen LogP contribution in [0.4, 0.5) is 31.1 Å². The molecular formula is C26H26F6N2O5. The Morgan fingerprint density at radius 3 is 2.13 bits per heavy atom. The third-order valence-electron chi connectivity index (χ3n) is 6.36. The van der Waals surface area contributed by atoms with Crippen LogP contribution in [0.3, 0.4) is 0 Å². The van der Waals surface area contributed by atoms with Gasteiger partial charge in [-0.3, -0.25) is 9.59 Å². The Hall–Kier alpha value is -3.77. The molecule has 3 rings (SSSR count). The second-order valence-electron chi connectivity index (χ2n) is 9.35. The fourth-order valence-corrected chi connectivity index (χ4v) is 4.44. The number of carbonyl (C=O) groups is 3. The first kappa shape index (κ1) is 29.8. The van der Waals surface area contributed by atoms with Gasteiger partial charge in [-0.15, -0.1) is 0 Å². The molecule has 13 heteroatoms. The number of carbonyl (C=O) groups excluding carboxylic acids is 2. The number of piperidine rings is 1. The molecule has 1 aliphatic rings. The molecule has 0 aliphatic carbocycles. The van der Waals surface area contributed by atoms with Crippen LogP contribution < -0.4 is 0 Å². The highest BCUT2D eigenvalue weighted by atomic mass is 19.4. The number of aliphatic carboxylic acids is 1. The van der Waals surface area contributed by atoms with Gasteiger partial charge in [-0.25, -0.2) is 4.79 Å². The number of halogens is 6. The second-order valence-corrected chi connectivity index (χ2v) is 9.35. The molecule has 212 valence electrons. The van der Waals surface area contributed by atoms with E-state index in [0.717, 1.165) is 10.5 Å². The van der Waals surface area contributed by atoms with Crippen molar-refractivity contribution in [1.82, 2.24) is 9.80 Å². The molecule has 0 aromatic heterocycles. The van der Waals surface area contributed by atoms with E-state index in [1.807, 2.05) is 0 Å². The van der Waals surface area contributed by atoms with Crippen molar-refractivity contribution in [1.29, 1.82) is 0 Å². The van der Waals surface area contributed by atoms with Crippen LogP contribution in [-0.2, 0) is 28.3 Å². The normalized spacial score (nSPS) is 18.0. The smallest absolute Gasteiger partial charge is 0.416 e. The first-order valence-electron chi connectivity index (χ1n) is 11.9. The standard InChI is InChI=1S/C26H26F6N2O5/c1-33(14-22(35)36)24(38)39-15-17-7-8-34(21(10-17)9-16-5-3-2-4-6-16)23(37)18-11-19(25(27,28)29)13-20(12-18)26(30,31)32/h2-6,11-13,17,21H,7-10,14-15H2,1H3,(H,35,36). The molecule has 1 N–H and O–H groups in total. The van der Waals surface area contributed by atoms with Crippen LogP contribution in [0, 0.1) is 5.92 Å². The molecule has 39 heavy (non-hydrogen) atoms. The summed E-state index contributed by atoms with van der Waals surface area (Å²) >= 11 is 0. The van der Waals surface area contributed by atoms with Gasteiger partial charge in [-0.1, -0.05) is 30.3 Å². The van der Waals surface area contributed by atoms with Crippen molar-refractivity contribution in [2.24, 2.45) is 5.92 Å². The van der Waals surface area contributed by atoms with Gasteiger partial charge in [0.1, 0.15) is 6.54 Å². The molecule has 2 amide bonds. The monoisotopic (exact) mass is 560 g/mol. The molecule has 0 spiro atoms. The molecule has 1 fully saturated rings. The zero-order valence-electron chi connectivity index (χ0n) is 20.8. The number of benzene rings is 2. The number of nitrogens with zero attached hydrogens (tertiary/aromatic N) is 2. The predicted octanol–water partition coefficient (Wildman–Crippen LogP) is 5.34. The van der Waals surface area contributed by atoms with Crippen molar-refractivity contribution in [3.63, 3.8) is 0 Å². The Labute approximate surface area is 219 Å². The minimum Gasteiger partial charge on any atom is -0.480 e. The largest absolute Gasteiger partial charge is 0.480 e. The van der Waals surface area contributed by atoms with E-state index in [9.17, 15) is 40.7 Å². The Balaban J connectivity index is 1.85. The summed E-state index contributed by atoms with van der Waals surface area (Å²) in [5.41, 5.74) is -3.09. The van der Waals surface area contributed by atoms with Gasteiger partial charge in [0, 0.05) is 25.2 Å². The van der Waals surface area contributed by atoms with Gasteiger partial charge in [0.2, 0.25) is 0 Å². The number of ether oxygens (including phenoxy) is 1. The van der Waals surface area contributed by atoms with E-state index in [2.05, 4.69) is 0 Å². The summed E-state index contributed by atoms with van der Waals surface area (Å²) < 4.78 is 85.4. The molecule has 2 aromatic rings. The lowest BCUT2D eigenvalue weighted by atomic mass is 9.87. The summed E-state index contributed by atoms with van der Waals surface area (Å²) in [6, 6.07) is 9.03. The van der Waals surface area contributed by atoms with Crippen molar-refractivity contribution in [3.8, 4) is 0 Å². The molecule has 7 nitrogen and oxygen atoms in total. The lowest BCUT2D eigenvalue weighted by molar-refractivity contribution is -0.143. The number of carboxylic acid groups (broad SMARTS) is 1. The molecule has 0 saturated carbocycles. The number of amides is 2. The van der Waals surface area contributed by atoms with E-state index < -0.39 is 59.6 Å². The van der Waals surface area contributed by atoms with E-state index in [1.165, 1.54) is 11.9 Å². The summed E-state index contributed by atoms with van der Waals surface area (Å²) in [4.78, 5) is 38.4. The molecule has 1 saturated heterocycles. The SMILES string of the molecule is CN(CC(=O)O)C(=O)OCC1CCN(C(=O)c2cc(C(F)(F)F)cc(C(F)(F)F)c2)C(Cc2ccccc2)C1. The fourth-order valence-electron chi connectivity index (χ4n) is 4.44. The van der Waals surface area contributed by atoms with Gasteiger partial charge in [0.25, 0.3) is 5.91 Å². The number of likely N-dealkylation sites (N-methyl/N-ethyl adjacent to an activating group) is 1. The Bertz CT molecular complexity index is 1150. The topological polar surface area (TPSA) is 87.2 Å². The average molecular weight is 560 g/mol. The fraction of sp³-hybridized carbons (Fsp3) is 0.423. The van der Waals surface area contributed by atoms with Crippen LogP contribution in [-0.4, -0.2) is 65.7 Å². The van der Waals surface area contributed by atoms with Crippen LogP contribution in [0.1, 0.15) is 39.9 Å². The maximum Gasteiger partial charge on any atom is 0.416 e. The van der Waals surface area contributed by atoms with Gasteiger partial charge in [0.15, 0.2) is 0 Å². The number of alkyl halides is 6. The van der Waals surface area contributed by atoms with Crippen LogP contribution in [0.25, 0.3) is 0 Å². The van der Waals surface area contributed by atoms with Crippen molar-refractivity contribution >= 4 is 18.0 Å². The zero-order chi connectivity index (χ0) is 29.0. The van der Waals surface area contributed by atoms with Gasteiger partial charge >= 0.3 is 24.4 Å². The minimum atomic E-state index is -5.09. The highest BCUT2D eigenvalue weighted by molar-refractivity contribution is 5.95. The predicted molar refractivity (Wildman–Crippen MR) is 126 cm³/mol. The molecule has 2 atom stereocenters. The number of hydrogen-bond acceptors (Lipinski definition) is 4. The van der Waals surface area contributed by atoms with Crippen molar-refractivity contribution in [2.75, 3.05) is 26.7 Å². The maximum absolute atomic E-state index is 13.4. The van der Waals surface area contributed by atoms with Crippen LogP contribution in [0.15, 0.2) is 48.5 Å². The third kappa shape index (κ3) is 8.11. The summed E-state index contributed by atoms with van der Waals surface area (Å²) in [6.45, 7) is -0.668. The number of likely N-dealkylation sites (tertiary alicyclic amines) is 1. The van der Waals surface area contributed by atoms with Gasteiger partial charge in [0.05, 0.1) is 17.7 Å². The Kier molecular flexibility index (Phi) is 9.13. The second kappa shape index (κ2) is 12.0. The van der Waals surface area contributed by atoms with Gasteiger partial charge in [-0.2, -0.15) is 26.3 Å². The molecule has 2 unspecified atom stereocenters. The minimum absolute atomic E-state index is 0.00110. The maximum atomic E-state index is 13.4. The highest BCUT2D eigenvalue weighted by Crippen LogP contribution is 2.37. The summed E-state index contributed by atoms with van der Waals surface area (Å²) in [6.07, 6.45) is -10.3. The molecular weight excluding hydrogens is 534 g/mol. The van der Waals surface area contributed by atoms with Crippen molar-refractivity contribution in [3.05, 3.63) is 70.8 Å². The average Bonchev–Trinajstić information content (AvgIpc) is 2.86. The first-order chi connectivity index (χ1) is 18.1. The molecule has 2 aromatic carbocycles. The Morgan fingerprint density at radius 1 is 1.00 bits per heavy atom. The molecule has 1 aliphatic heterocycles. The van der Waals surface area contributed by atoms with E-state index in [0.29, 0.717) is 12.1 Å². The van der Waals surface area contributed by atoms with Crippen molar-refractivity contribution < 1.29 is 50.6 Å². The van der Waals surface area contributed by atoms with E-state index >= 15 is 0 Å². The van der Waals surface area contributed by atoms with E-state index in [1.54, 1.807) is 30.3 Å². The van der Waals surface area contributed by atoms with E-state index in [-0.39, 0.29) is 44.4 Å². The van der Waals surface area contributed by atoms with Crippen LogP contribution in [0.2, 0.25) is 0 Å². The quantitative estimate of drug-likeness (QED) is 0.462. The molecule has 0 bridgehead atoms. The number of rotatable bonds is 7. The highest BCUT2D eigenvalue weighted by Gasteiger charge is 2.39. The first-order valence-corrected chi connectivity index (χ1v) is 11.9. The van der Waals surface area contributed by atoms with Gasteiger partial charge in [-0.05, 0) is 48.9 Å². The zero-order valence-corrected chi connectivity index (χ0v) is 20.8. The lowest BCUT2D eigenvalue weighted by Crippen LogP contribution is -2.48. The number of carboxylic acids is 1. The summed E-state index contributed by atoms with van der Waals surface area (Å²) in [5, 5.41) is 8.81. The summed E-state index contributed by atoms with van der Waals surface area (Å²) in [7, 11) is 1.25. The molecule has 1 heterocycles. The van der Waals surface area contributed by atoms with Crippen LogP contribution in [0.5, 0.6) is 0 Å². The molecule has 0 radical (unpaired) electrons. The van der Waals surface area contributed by atoms with E-state index in [4.69, 9.17) is 9.84 Å². The Morgan fingerprint density at radius 2 is 1.59 bits per heavy atom. The van der Waals surface area contributed by atoms with Crippen molar-refractivity contribution in [2.45, 2.75) is 37.7 Å².